The van der Waals surface area contributed by atoms with Gasteiger partial charge in [-0.2, -0.15) is 0 Å². The predicted octanol–water partition coefficient (Wildman–Crippen LogP) is 1.87. The van der Waals surface area contributed by atoms with E-state index in [9.17, 15) is 5.11 Å². The van der Waals surface area contributed by atoms with Crippen molar-refractivity contribution in [3.63, 3.8) is 0 Å². The Bertz CT molecular complexity index is 458. The van der Waals surface area contributed by atoms with Gasteiger partial charge in [0.1, 0.15) is 0 Å². The molecule has 78 valence electrons. The average Bonchev–Trinajstić information content (AvgIpc) is 2.29. The summed E-state index contributed by atoms with van der Waals surface area (Å²) in [5, 5.41) is 20.4. The summed E-state index contributed by atoms with van der Waals surface area (Å²) in [5.41, 5.74) is 2.02. The zero-order chi connectivity index (χ0) is 10.7. The van der Waals surface area contributed by atoms with Gasteiger partial charge in [0.2, 0.25) is 0 Å². The molecule has 0 fully saturated rings. The van der Waals surface area contributed by atoms with Gasteiger partial charge in [-0.15, -0.1) is 0 Å². The van der Waals surface area contributed by atoms with E-state index in [0.717, 1.165) is 21.9 Å². The highest BCUT2D eigenvalue weighted by molar-refractivity contribution is 5.88. The molecule has 0 aliphatic rings. The molecule has 0 aliphatic heterocycles. The van der Waals surface area contributed by atoms with Crippen molar-refractivity contribution < 1.29 is 10.2 Å². The van der Waals surface area contributed by atoms with E-state index in [4.69, 9.17) is 5.11 Å². The van der Waals surface area contributed by atoms with Gasteiger partial charge in [0.25, 0.3) is 0 Å². The molecule has 2 aromatic rings. The van der Waals surface area contributed by atoms with Gasteiger partial charge in [-0.05, 0) is 28.3 Å². The highest BCUT2D eigenvalue weighted by Crippen LogP contribution is 2.23. The Labute approximate surface area is 88.8 Å². The monoisotopic (exact) mass is 202 g/mol. The first-order chi connectivity index (χ1) is 7.36. The van der Waals surface area contributed by atoms with Crippen LogP contribution in [-0.4, -0.2) is 16.8 Å². The Balaban J connectivity index is 2.69. The summed E-state index contributed by atoms with van der Waals surface area (Å²) in [4.78, 5) is 0. The van der Waals surface area contributed by atoms with E-state index in [1.165, 1.54) is 0 Å². The number of hydrogen-bond acceptors (Lipinski definition) is 2. The summed E-state index contributed by atoms with van der Waals surface area (Å²) in [6, 6.07) is 11.9. The number of hydrogen-bond donors (Lipinski definition) is 2. The van der Waals surface area contributed by atoms with Gasteiger partial charge in [-0.1, -0.05) is 36.4 Å². The van der Waals surface area contributed by atoms with Crippen molar-refractivity contribution in [2.75, 3.05) is 6.61 Å². The maximum absolute atomic E-state index is 9.27. The van der Waals surface area contributed by atoms with E-state index in [1.54, 1.807) is 0 Å². The lowest BCUT2D eigenvalue weighted by Crippen LogP contribution is -1.95. The summed E-state index contributed by atoms with van der Waals surface area (Å²) >= 11 is 0. The van der Waals surface area contributed by atoms with Crippen LogP contribution in [-0.2, 0) is 13.0 Å². The molecule has 0 aromatic heterocycles. The first-order valence-corrected chi connectivity index (χ1v) is 5.08. The Kier molecular flexibility index (Phi) is 2.99. The van der Waals surface area contributed by atoms with Crippen LogP contribution < -0.4 is 0 Å². The Morgan fingerprint density at radius 1 is 0.867 bits per heavy atom. The van der Waals surface area contributed by atoms with Crippen LogP contribution in [0, 0.1) is 0 Å². The van der Waals surface area contributed by atoms with Crippen molar-refractivity contribution >= 4 is 10.8 Å². The maximum atomic E-state index is 9.27. The van der Waals surface area contributed by atoms with Crippen molar-refractivity contribution in [2.24, 2.45) is 0 Å². The quantitative estimate of drug-likeness (QED) is 0.797. The van der Waals surface area contributed by atoms with Crippen LogP contribution in [0.4, 0.5) is 0 Å². The summed E-state index contributed by atoms with van der Waals surface area (Å²) in [6.45, 7) is 0.179. The zero-order valence-electron chi connectivity index (χ0n) is 8.48. The van der Waals surface area contributed by atoms with E-state index in [-0.39, 0.29) is 13.2 Å². The minimum Gasteiger partial charge on any atom is -0.396 e. The summed E-state index contributed by atoms with van der Waals surface area (Å²) in [7, 11) is 0. The Morgan fingerprint density at radius 3 is 2.13 bits per heavy atom. The molecule has 0 amide bonds. The molecular weight excluding hydrogens is 188 g/mol. The molecule has 2 aromatic carbocycles. The van der Waals surface area contributed by atoms with Crippen LogP contribution in [0.2, 0.25) is 0 Å². The van der Waals surface area contributed by atoms with Crippen molar-refractivity contribution in [3.8, 4) is 0 Å². The molecule has 0 bridgehead atoms. The fourth-order valence-electron chi connectivity index (χ4n) is 1.96. The molecule has 0 heterocycles. The number of aliphatic hydroxyl groups excluding tert-OH is 2. The van der Waals surface area contributed by atoms with Crippen LogP contribution in [0.3, 0.4) is 0 Å². The SMILES string of the molecule is OCCc1cccc2cccc(CO)c12. The molecule has 0 saturated heterocycles. The third kappa shape index (κ3) is 1.87. The van der Waals surface area contributed by atoms with Crippen LogP contribution >= 0.6 is 0 Å². The van der Waals surface area contributed by atoms with Gasteiger partial charge < -0.3 is 10.2 Å². The Morgan fingerprint density at radius 2 is 1.53 bits per heavy atom. The largest absolute Gasteiger partial charge is 0.396 e. The number of aliphatic hydroxyl groups is 2. The predicted molar refractivity (Wildman–Crippen MR) is 60.7 cm³/mol. The highest BCUT2D eigenvalue weighted by Gasteiger charge is 2.04. The first kappa shape index (κ1) is 10.1. The normalized spacial score (nSPS) is 10.8. The second kappa shape index (κ2) is 4.43. The molecule has 2 nitrogen and oxygen atoms in total. The lowest BCUT2D eigenvalue weighted by Gasteiger charge is -2.09. The standard InChI is InChI=1S/C13H14O2/c14-8-7-11-5-1-3-10-4-2-6-12(9-15)13(10)11/h1-6,14-15H,7-9H2. The Hall–Kier alpha value is -1.38. The molecule has 0 spiro atoms. The highest BCUT2D eigenvalue weighted by atomic mass is 16.3. The second-order valence-electron chi connectivity index (χ2n) is 3.56. The van der Waals surface area contributed by atoms with Crippen molar-refractivity contribution in [2.45, 2.75) is 13.0 Å². The lowest BCUT2D eigenvalue weighted by atomic mass is 9.98. The minimum atomic E-state index is 0.0415. The van der Waals surface area contributed by atoms with Crippen LogP contribution in [0.25, 0.3) is 10.8 Å². The van der Waals surface area contributed by atoms with Crippen molar-refractivity contribution in [1.82, 2.24) is 0 Å². The fraction of sp³-hybridized carbons (Fsp3) is 0.231. The smallest absolute Gasteiger partial charge is 0.0687 e. The molecule has 0 saturated carbocycles. The zero-order valence-corrected chi connectivity index (χ0v) is 8.48. The van der Waals surface area contributed by atoms with Gasteiger partial charge in [-0.3, -0.25) is 0 Å². The molecule has 2 N–H and O–H groups in total. The molecule has 0 unspecified atom stereocenters. The van der Waals surface area contributed by atoms with Crippen molar-refractivity contribution in [1.29, 1.82) is 0 Å². The molecule has 2 rings (SSSR count). The lowest BCUT2D eigenvalue weighted by molar-refractivity contribution is 0.283. The third-order valence-corrected chi connectivity index (χ3v) is 2.63. The summed E-state index contributed by atoms with van der Waals surface area (Å²) < 4.78 is 0. The van der Waals surface area contributed by atoms with E-state index < -0.39 is 0 Å². The third-order valence-electron chi connectivity index (χ3n) is 2.63. The molecular formula is C13H14O2. The molecule has 0 atom stereocenters. The summed E-state index contributed by atoms with van der Waals surface area (Å²) in [5.74, 6) is 0. The number of rotatable bonds is 3. The number of benzene rings is 2. The number of fused-ring (bicyclic) bond motifs is 1. The van der Waals surface area contributed by atoms with Crippen LogP contribution in [0.15, 0.2) is 36.4 Å². The van der Waals surface area contributed by atoms with Gasteiger partial charge in [-0.25, -0.2) is 0 Å². The van der Waals surface area contributed by atoms with E-state index >= 15 is 0 Å². The van der Waals surface area contributed by atoms with E-state index in [2.05, 4.69) is 0 Å². The van der Waals surface area contributed by atoms with Crippen LogP contribution in [0.1, 0.15) is 11.1 Å². The van der Waals surface area contributed by atoms with Crippen LogP contribution in [0.5, 0.6) is 0 Å². The molecule has 0 radical (unpaired) electrons. The van der Waals surface area contributed by atoms with Gasteiger partial charge in [0, 0.05) is 6.61 Å². The van der Waals surface area contributed by atoms with E-state index in [0.29, 0.717) is 6.42 Å². The first-order valence-electron chi connectivity index (χ1n) is 5.08. The fourth-order valence-corrected chi connectivity index (χ4v) is 1.96. The van der Waals surface area contributed by atoms with E-state index in [1.807, 2.05) is 36.4 Å². The topological polar surface area (TPSA) is 40.5 Å². The average molecular weight is 202 g/mol. The molecule has 2 heteroatoms. The van der Waals surface area contributed by atoms with Crippen molar-refractivity contribution in [3.05, 3.63) is 47.5 Å². The van der Waals surface area contributed by atoms with Gasteiger partial charge in [0.15, 0.2) is 0 Å². The molecule has 15 heavy (non-hydrogen) atoms. The molecule has 0 aliphatic carbocycles. The minimum absolute atomic E-state index is 0.0415. The maximum Gasteiger partial charge on any atom is 0.0687 e. The second-order valence-corrected chi connectivity index (χ2v) is 3.56. The summed E-state index contributed by atoms with van der Waals surface area (Å²) in [6.07, 6.45) is 0.633. The van der Waals surface area contributed by atoms with Gasteiger partial charge in [0.05, 0.1) is 6.61 Å². The van der Waals surface area contributed by atoms with Gasteiger partial charge >= 0.3 is 0 Å².